The molecule has 0 spiro atoms. The predicted molar refractivity (Wildman–Crippen MR) is 52.2 cm³/mol. The monoisotopic (exact) mass is 198 g/mol. The summed E-state index contributed by atoms with van der Waals surface area (Å²) in [6.07, 6.45) is 1.38. The van der Waals surface area contributed by atoms with E-state index in [2.05, 4.69) is 9.80 Å². The van der Waals surface area contributed by atoms with Crippen molar-refractivity contribution in [3.63, 3.8) is 0 Å². The number of ether oxygens (including phenoxy) is 1. The zero-order valence-corrected chi connectivity index (χ0v) is 8.43. The van der Waals surface area contributed by atoms with Crippen LogP contribution < -0.4 is 0 Å². The highest BCUT2D eigenvalue weighted by atomic mass is 16.6. The Morgan fingerprint density at radius 2 is 2.14 bits per heavy atom. The van der Waals surface area contributed by atoms with Crippen molar-refractivity contribution in [3.8, 4) is 0 Å². The van der Waals surface area contributed by atoms with Gasteiger partial charge in [0.2, 0.25) is 0 Å². The summed E-state index contributed by atoms with van der Waals surface area (Å²) in [6, 6.07) is 0.595. The van der Waals surface area contributed by atoms with Crippen molar-refractivity contribution in [1.82, 2.24) is 9.80 Å². The molecule has 3 saturated heterocycles. The number of hydrogen-bond donors (Lipinski definition) is 1. The van der Waals surface area contributed by atoms with E-state index in [1.165, 1.54) is 0 Å². The molecule has 0 aromatic carbocycles. The summed E-state index contributed by atoms with van der Waals surface area (Å²) in [4.78, 5) is 4.91. The largest absolute Gasteiger partial charge is 0.392 e. The molecule has 3 rings (SSSR count). The SMILES string of the molecule is OC1CC2CN(C[C@H]3CO3)CCN2C1. The highest BCUT2D eigenvalue weighted by molar-refractivity contribution is 4.92. The van der Waals surface area contributed by atoms with E-state index >= 15 is 0 Å². The maximum absolute atomic E-state index is 9.56. The second kappa shape index (κ2) is 3.45. The van der Waals surface area contributed by atoms with E-state index in [4.69, 9.17) is 4.74 Å². The summed E-state index contributed by atoms with van der Waals surface area (Å²) in [5.41, 5.74) is 0. The van der Waals surface area contributed by atoms with Gasteiger partial charge in [0.15, 0.2) is 0 Å². The maximum Gasteiger partial charge on any atom is 0.0936 e. The van der Waals surface area contributed by atoms with E-state index < -0.39 is 0 Å². The van der Waals surface area contributed by atoms with Gasteiger partial charge in [-0.1, -0.05) is 0 Å². The van der Waals surface area contributed by atoms with Crippen LogP contribution >= 0.6 is 0 Å². The number of hydrogen-bond acceptors (Lipinski definition) is 4. The fraction of sp³-hybridized carbons (Fsp3) is 1.00. The molecule has 0 aliphatic carbocycles. The molecule has 0 aromatic heterocycles. The lowest BCUT2D eigenvalue weighted by molar-refractivity contribution is 0.0964. The van der Waals surface area contributed by atoms with Gasteiger partial charge in [-0.15, -0.1) is 0 Å². The normalized spacial score (nSPS) is 43.9. The molecule has 0 amide bonds. The first kappa shape index (κ1) is 9.09. The zero-order chi connectivity index (χ0) is 9.54. The molecular formula is C10H18N2O2. The minimum absolute atomic E-state index is 0.0860. The Morgan fingerprint density at radius 1 is 1.29 bits per heavy atom. The Morgan fingerprint density at radius 3 is 2.93 bits per heavy atom. The number of rotatable bonds is 2. The second-order valence-electron chi connectivity index (χ2n) is 4.75. The van der Waals surface area contributed by atoms with Crippen LogP contribution in [0.4, 0.5) is 0 Å². The van der Waals surface area contributed by atoms with Gasteiger partial charge in [0.05, 0.1) is 18.8 Å². The quantitative estimate of drug-likeness (QED) is 0.586. The van der Waals surface area contributed by atoms with Gasteiger partial charge in [-0.3, -0.25) is 9.80 Å². The van der Waals surface area contributed by atoms with Crippen LogP contribution in [-0.2, 0) is 4.74 Å². The molecule has 3 fully saturated rings. The lowest BCUT2D eigenvalue weighted by Gasteiger charge is -2.36. The molecule has 0 radical (unpaired) electrons. The number of aliphatic hydroxyl groups is 1. The Kier molecular flexibility index (Phi) is 2.24. The third kappa shape index (κ3) is 1.80. The Hall–Kier alpha value is -0.160. The average molecular weight is 198 g/mol. The summed E-state index contributed by atoms with van der Waals surface area (Å²) in [5.74, 6) is 0. The molecule has 1 N–H and O–H groups in total. The molecule has 0 aromatic rings. The molecule has 14 heavy (non-hydrogen) atoms. The van der Waals surface area contributed by atoms with Crippen molar-refractivity contribution in [1.29, 1.82) is 0 Å². The third-order valence-electron chi connectivity index (χ3n) is 3.54. The molecular weight excluding hydrogens is 180 g/mol. The van der Waals surface area contributed by atoms with E-state index in [9.17, 15) is 5.11 Å². The minimum atomic E-state index is -0.0860. The smallest absolute Gasteiger partial charge is 0.0936 e. The molecule has 0 bridgehead atoms. The summed E-state index contributed by atoms with van der Waals surface area (Å²) in [6.45, 7) is 6.32. The van der Waals surface area contributed by atoms with E-state index in [0.29, 0.717) is 12.1 Å². The van der Waals surface area contributed by atoms with Crippen LogP contribution in [0.1, 0.15) is 6.42 Å². The summed E-state index contributed by atoms with van der Waals surface area (Å²) >= 11 is 0. The summed E-state index contributed by atoms with van der Waals surface area (Å²) in [7, 11) is 0. The van der Waals surface area contributed by atoms with Crippen molar-refractivity contribution < 1.29 is 9.84 Å². The summed E-state index contributed by atoms with van der Waals surface area (Å²) < 4.78 is 5.24. The lowest BCUT2D eigenvalue weighted by Crippen LogP contribution is -2.50. The topological polar surface area (TPSA) is 39.2 Å². The van der Waals surface area contributed by atoms with Gasteiger partial charge in [0.1, 0.15) is 0 Å². The van der Waals surface area contributed by atoms with E-state index in [1.54, 1.807) is 0 Å². The third-order valence-corrected chi connectivity index (χ3v) is 3.54. The van der Waals surface area contributed by atoms with Crippen molar-refractivity contribution in [3.05, 3.63) is 0 Å². The highest BCUT2D eigenvalue weighted by Gasteiger charge is 2.36. The Labute approximate surface area is 84.4 Å². The van der Waals surface area contributed by atoms with Gasteiger partial charge in [0.25, 0.3) is 0 Å². The van der Waals surface area contributed by atoms with Crippen LogP contribution in [0.15, 0.2) is 0 Å². The van der Waals surface area contributed by atoms with Crippen molar-refractivity contribution >= 4 is 0 Å². The van der Waals surface area contributed by atoms with Gasteiger partial charge in [-0.2, -0.15) is 0 Å². The van der Waals surface area contributed by atoms with Gasteiger partial charge in [0, 0.05) is 38.8 Å². The van der Waals surface area contributed by atoms with Crippen LogP contribution in [0.25, 0.3) is 0 Å². The standard InChI is InChI=1S/C10H18N2O2/c13-9-3-8-4-11(6-10-7-14-10)1-2-12(8)5-9/h8-10,13H,1-7H2/t8?,9?,10-/m0/s1. The second-order valence-corrected chi connectivity index (χ2v) is 4.75. The number of nitrogens with zero attached hydrogens (tertiary/aromatic N) is 2. The van der Waals surface area contributed by atoms with Gasteiger partial charge < -0.3 is 9.84 Å². The molecule has 3 aliphatic heterocycles. The first-order chi connectivity index (χ1) is 6.81. The molecule has 0 saturated carbocycles. The lowest BCUT2D eigenvalue weighted by atomic mass is 10.1. The van der Waals surface area contributed by atoms with Crippen molar-refractivity contribution in [2.24, 2.45) is 0 Å². The first-order valence-corrected chi connectivity index (χ1v) is 5.57. The van der Waals surface area contributed by atoms with Crippen LogP contribution in [0, 0.1) is 0 Å². The number of aliphatic hydroxyl groups excluding tert-OH is 1. The van der Waals surface area contributed by atoms with Gasteiger partial charge in [-0.05, 0) is 6.42 Å². The minimum Gasteiger partial charge on any atom is -0.392 e. The van der Waals surface area contributed by atoms with Crippen LogP contribution in [0.3, 0.4) is 0 Å². The molecule has 80 valence electrons. The fourth-order valence-electron chi connectivity index (χ4n) is 2.71. The van der Waals surface area contributed by atoms with Gasteiger partial charge >= 0.3 is 0 Å². The van der Waals surface area contributed by atoms with Crippen LogP contribution in [0.2, 0.25) is 0 Å². The van der Waals surface area contributed by atoms with Crippen LogP contribution in [-0.4, -0.2) is 72.5 Å². The number of piperazine rings is 1. The van der Waals surface area contributed by atoms with Crippen molar-refractivity contribution in [2.45, 2.75) is 24.7 Å². The Balaban J connectivity index is 1.55. The molecule has 3 aliphatic rings. The fourth-order valence-corrected chi connectivity index (χ4v) is 2.71. The highest BCUT2D eigenvalue weighted by Crippen LogP contribution is 2.23. The van der Waals surface area contributed by atoms with Gasteiger partial charge in [-0.25, -0.2) is 0 Å². The zero-order valence-electron chi connectivity index (χ0n) is 8.43. The van der Waals surface area contributed by atoms with E-state index in [1.807, 2.05) is 0 Å². The average Bonchev–Trinajstić information content (AvgIpc) is 2.86. The maximum atomic E-state index is 9.56. The predicted octanol–water partition coefficient (Wildman–Crippen LogP) is -0.864. The molecule has 4 heteroatoms. The molecule has 4 nitrogen and oxygen atoms in total. The number of fused-ring (bicyclic) bond motifs is 1. The molecule has 3 atom stereocenters. The molecule has 2 unspecified atom stereocenters. The first-order valence-electron chi connectivity index (χ1n) is 5.57. The van der Waals surface area contributed by atoms with E-state index in [0.717, 1.165) is 45.8 Å². The molecule has 3 heterocycles. The van der Waals surface area contributed by atoms with Crippen molar-refractivity contribution in [2.75, 3.05) is 39.3 Å². The number of epoxide rings is 1. The Bertz CT molecular complexity index is 220. The summed E-state index contributed by atoms with van der Waals surface area (Å²) in [5, 5.41) is 9.56. The van der Waals surface area contributed by atoms with E-state index in [-0.39, 0.29) is 6.10 Å². The van der Waals surface area contributed by atoms with Crippen LogP contribution in [0.5, 0.6) is 0 Å².